The van der Waals surface area contributed by atoms with E-state index < -0.39 is 82.5 Å². The Bertz CT molecular complexity index is 1300. The van der Waals surface area contributed by atoms with Gasteiger partial charge in [-0.1, -0.05) is 34.6 Å². The van der Waals surface area contributed by atoms with Crippen LogP contribution in [-0.4, -0.2) is 104 Å². The van der Waals surface area contributed by atoms with Crippen LogP contribution in [0.3, 0.4) is 0 Å². The number of benzene rings is 1. The van der Waals surface area contributed by atoms with Gasteiger partial charge in [0.05, 0.1) is 49.0 Å². The van der Waals surface area contributed by atoms with Gasteiger partial charge >= 0.3 is 7.12 Å². The first kappa shape index (κ1) is 43.0. The van der Waals surface area contributed by atoms with E-state index in [4.69, 9.17) is 24.0 Å². The lowest BCUT2D eigenvalue weighted by molar-refractivity contribution is -0.147. The molecule has 1 aromatic carbocycles. The Morgan fingerprint density at radius 1 is 0.860 bits per heavy atom. The summed E-state index contributed by atoms with van der Waals surface area (Å²) in [6.45, 7) is 16.6. The van der Waals surface area contributed by atoms with E-state index in [9.17, 15) is 33.1 Å². The van der Waals surface area contributed by atoms with E-state index in [0.29, 0.717) is 0 Å². The Morgan fingerprint density at radius 3 is 1.82 bits per heavy atom. The van der Waals surface area contributed by atoms with Crippen LogP contribution in [-0.2, 0) is 33.2 Å². The monoisotopic (exact) mass is 714 g/mol. The van der Waals surface area contributed by atoms with E-state index in [1.165, 1.54) is 5.48 Å². The van der Waals surface area contributed by atoms with Crippen molar-refractivity contribution in [1.82, 2.24) is 21.4 Å². The smallest absolute Gasteiger partial charge is 0.399 e. The Labute approximate surface area is 292 Å². The molecule has 4 amide bonds. The highest BCUT2D eigenvalue weighted by Crippen LogP contribution is 2.37. The summed E-state index contributed by atoms with van der Waals surface area (Å²) in [5.41, 5.74) is -1.57. The highest BCUT2D eigenvalue weighted by molar-refractivity contribution is 6.62. The van der Waals surface area contributed by atoms with Crippen molar-refractivity contribution >= 4 is 36.2 Å². The van der Waals surface area contributed by atoms with E-state index in [-0.39, 0.29) is 57.4 Å². The van der Waals surface area contributed by atoms with Crippen LogP contribution >= 0.6 is 0 Å². The molecule has 1 heterocycles. The predicted octanol–water partition coefficient (Wildman–Crippen LogP) is 1.20. The Balaban J connectivity index is 1.73. The van der Waals surface area contributed by atoms with E-state index in [0.717, 1.165) is 12.1 Å². The minimum Gasteiger partial charge on any atom is -0.399 e. The van der Waals surface area contributed by atoms with Crippen LogP contribution in [0.25, 0.3) is 0 Å². The van der Waals surface area contributed by atoms with Gasteiger partial charge in [-0.05, 0) is 57.6 Å². The second-order valence-electron chi connectivity index (χ2n) is 14.7. The number of aliphatic hydroxyl groups excluding tert-OH is 1. The maximum Gasteiger partial charge on any atom is 0.500 e. The van der Waals surface area contributed by atoms with Crippen molar-refractivity contribution in [1.29, 1.82) is 0 Å². The number of hydrogen-bond donors (Lipinski definition) is 6. The van der Waals surface area contributed by atoms with Crippen molar-refractivity contribution in [2.24, 2.45) is 17.3 Å². The van der Waals surface area contributed by atoms with Gasteiger partial charge in [0, 0.05) is 18.7 Å². The van der Waals surface area contributed by atoms with Gasteiger partial charge in [0.15, 0.2) is 0 Å². The number of hydrogen-bond acceptors (Lipinski definition) is 10. The summed E-state index contributed by atoms with van der Waals surface area (Å²) in [5.74, 6) is -6.19. The number of nitrogens with one attached hydrogen (secondary N) is 4. The molecule has 1 aliphatic rings. The number of carbonyl (C=O) groups excluding carboxylic acids is 4. The van der Waals surface area contributed by atoms with E-state index in [1.807, 2.05) is 0 Å². The molecule has 1 aliphatic heterocycles. The van der Waals surface area contributed by atoms with E-state index in [1.54, 1.807) is 62.3 Å². The lowest BCUT2D eigenvalue weighted by atomic mass is 9.77. The Hall–Kier alpha value is -3.22. The normalized spacial score (nSPS) is 17.2. The van der Waals surface area contributed by atoms with Gasteiger partial charge in [-0.3, -0.25) is 24.4 Å². The summed E-state index contributed by atoms with van der Waals surface area (Å²) >= 11 is 0. The number of carbonyl (C=O) groups is 4. The molecule has 2 rings (SSSR count). The van der Waals surface area contributed by atoms with Crippen molar-refractivity contribution in [3.8, 4) is 0 Å². The fraction of sp³-hybridized carbons (Fsp3) is 0.697. The van der Waals surface area contributed by atoms with Crippen LogP contribution in [0.5, 0.6) is 0 Å². The van der Waals surface area contributed by atoms with Crippen LogP contribution in [0, 0.1) is 28.9 Å². The third-order valence-corrected chi connectivity index (χ3v) is 8.52. The molecule has 3 atom stereocenters. The predicted molar refractivity (Wildman–Crippen MR) is 179 cm³/mol. The molecule has 6 N–H and O–H groups in total. The van der Waals surface area contributed by atoms with Crippen LogP contribution < -0.4 is 26.9 Å². The fourth-order valence-corrected chi connectivity index (χ4v) is 4.97. The lowest BCUT2D eigenvalue weighted by Crippen LogP contribution is -2.57. The quantitative estimate of drug-likeness (QED) is 0.0557. The first-order valence-electron chi connectivity index (χ1n) is 16.6. The largest absolute Gasteiger partial charge is 0.500 e. The van der Waals surface area contributed by atoms with Crippen LogP contribution in [0.4, 0.5) is 8.78 Å². The van der Waals surface area contributed by atoms with Gasteiger partial charge in [-0.2, -0.15) is 0 Å². The molecule has 0 aromatic heterocycles. The number of hydroxylamine groups is 1. The third-order valence-electron chi connectivity index (χ3n) is 8.52. The van der Waals surface area contributed by atoms with Gasteiger partial charge < -0.3 is 39.8 Å². The molecular weight excluding hydrogens is 661 g/mol. The third kappa shape index (κ3) is 11.9. The lowest BCUT2D eigenvalue weighted by Gasteiger charge is -2.32. The molecule has 0 saturated carbocycles. The summed E-state index contributed by atoms with van der Waals surface area (Å²) in [6.07, 6.45) is -1.67. The van der Waals surface area contributed by atoms with E-state index in [2.05, 4.69) is 16.0 Å². The number of rotatable bonds is 18. The second kappa shape index (κ2) is 18.3. The summed E-state index contributed by atoms with van der Waals surface area (Å²) in [4.78, 5) is 50.3. The zero-order chi connectivity index (χ0) is 38.0. The van der Waals surface area contributed by atoms with Crippen molar-refractivity contribution in [2.45, 2.75) is 92.1 Å². The Kier molecular flexibility index (Phi) is 15.7. The molecule has 50 heavy (non-hydrogen) atoms. The molecule has 0 unspecified atom stereocenters. The Morgan fingerprint density at radius 2 is 1.36 bits per heavy atom. The second-order valence-corrected chi connectivity index (χ2v) is 14.7. The SMILES string of the molecule is CC(C)C[C@H](C(=O)N[C@@H](C(=O)NCCOCCOCCNC(=O)c1cc(F)c(B2OC(C)(C)C(C)(C)O2)c(F)c1)C(C)(C)C)[C@@H](O)C(=O)NO. The first-order valence-corrected chi connectivity index (χ1v) is 16.6. The molecule has 1 saturated heterocycles. The van der Waals surface area contributed by atoms with Crippen LogP contribution in [0.1, 0.15) is 79.1 Å². The van der Waals surface area contributed by atoms with Gasteiger partial charge in [-0.15, -0.1) is 0 Å². The molecule has 14 nitrogen and oxygen atoms in total. The molecule has 1 fully saturated rings. The summed E-state index contributed by atoms with van der Waals surface area (Å²) < 4.78 is 52.1. The maximum atomic E-state index is 14.9. The molecule has 17 heteroatoms. The van der Waals surface area contributed by atoms with Crippen molar-refractivity contribution < 1.29 is 57.1 Å². The minimum absolute atomic E-state index is 0.0662. The van der Waals surface area contributed by atoms with Crippen molar-refractivity contribution in [3.63, 3.8) is 0 Å². The number of aliphatic hydroxyl groups is 1. The standard InChI is InChI=1S/C33H53BF2N4O10/c1-19(2)16-21(25(41)29(44)40-46)28(43)39-26(31(3,4)5)30(45)38-11-13-48-15-14-47-12-10-37-27(42)20-17-22(35)24(23(36)18-20)34-49-32(6,7)33(8,9)50-34/h17-19,21,25-26,41,46H,10-16H2,1-9H3,(H,37,42)(H,38,45)(H,39,43)(H,40,44)/t21-,25+,26-/m0/s1. The molecule has 0 bridgehead atoms. The van der Waals surface area contributed by atoms with Gasteiger partial charge in [0.2, 0.25) is 11.8 Å². The molecule has 0 aliphatic carbocycles. The molecule has 0 spiro atoms. The van der Waals surface area contributed by atoms with Crippen molar-refractivity contribution in [3.05, 3.63) is 29.3 Å². The maximum absolute atomic E-state index is 14.9. The number of amides is 4. The zero-order valence-corrected chi connectivity index (χ0v) is 30.4. The number of halogens is 2. The summed E-state index contributed by atoms with van der Waals surface area (Å²) in [5, 5.41) is 27.0. The summed E-state index contributed by atoms with van der Waals surface area (Å²) in [6, 6.07) is 0.849. The average Bonchev–Trinajstić information content (AvgIpc) is 3.22. The number of ether oxygens (including phenoxy) is 2. The van der Waals surface area contributed by atoms with Crippen molar-refractivity contribution in [2.75, 3.05) is 39.5 Å². The van der Waals surface area contributed by atoms with Gasteiger partial charge in [0.25, 0.3) is 11.8 Å². The molecule has 0 radical (unpaired) electrons. The highest BCUT2D eigenvalue weighted by Gasteiger charge is 2.53. The molecule has 1 aromatic rings. The topological polar surface area (TPSA) is 194 Å². The molecular formula is C33H53BF2N4O10. The van der Waals surface area contributed by atoms with E-state index >= 15 is 0 Å². The van der Waals surface area contributed by atoms with Gasteiger partial charge in [-0.25, -0.2) is 14.3 Å². The zero-order valence-electron chi connectivity index (χ0n) is 30.4. The van der Waals surface area contributed by atoms with Gasteiger partial charge in [0.1, 0.15) is 23.8 Å². The first-order chi connectivity index (χ1) is 23.1. The highest BCUT2D eigenvalue weighted by atomic mass is 19.1. The fourth-order valence-electron chi connectivity index (χ4n) is 4.97. The van der Waals surface area contributed by atoms with Crippen LogP contribution in [0.15, 0.2) is 12.1 Å². The van der Waals surface area contributed by atoms with Crippen LogP contribution in [0.2, 0.25) is 0 Å². The summed E-state index contributed by atoms with van der Waals surface area (Å²) in [7, 11) is -1.25. The average molecular weight is 715 g/mol. The molecule has 282 valence electrons. The minimum atomic E-state index is -1.81.